The number of ether oxygens (including phenoxy) is 1. The molecule has 0 aromatic carbocycles. The zero-order valence-electron chi connectivity index (χ0n) is 15.4. The number of anilines is 1. The molecule has 0 saturated carbocycles. The summed E-state index contributed by atoms with van der Waals surface area (Å²) < 4.78 is 12.9. The monoisotopic (exact) mass is 344 g/mol. The molecule has 25 heavy (non-hydrogen) atoms. The van der Waals surface area contributed by atoms with Crippen molar-refractivity contribution < 1.29 is 9.15 Å². The van der Waals surface area contributed by atoms with Crippen molar-refractivity contribution in [2.75, 3.05) is 25.2 Å². The van der Waals surface area contributed by atoms with Crippen LogP contribution in [0.5, 0.6) is 0 Å². The van der Waals surface area contributed by atoms with Crippen LogP contribution in [0.15, 0.2) is 10.7 Å². The quantitative estimate of drug-likeness (QED) is 0.651. The predicted molar refractivity (Wildman–Crippen MR) is 94.6 cm³/mol. The Bertz CT molecular complexity index is 870. The highest BCUT2D eigenvalue weighted by Gasteiger charge is 2.20. The van der Waals surface area contributed by atoms with Gasteiger partial charge in [-0.05, 0) is 20.8 Å². The van der Waals surface area contributed by atoms with Crippen LogP contribution in [0.1, 0.15) is 29.8 Å². The fourth-order valence-electron chi connectivity index (χ4n) is 3.00. The number of aryl methyl sites for hydroxylation is 3. The van der Waals surface area contributed by atoms with E-state index in [1.165, 1.54) is 17.6 Å². The maximum Gasteiger partial charge on any atom is 0.252 e. The van der Waals surface area contributed by atoms with Crippen LogP contribution in [-0.2, 0) is 17.8 Å². The maximum atomic E-state index is 5.55. The fraction of sp³-hybridized carbons (Fsp3) is 0.529. The second-order valence-corrected chi connectivity index (χ2v) is 5.96. The van der Waals surface area contributed by atoms with Gasteiger partial charge in [0.1, 0.15) is 6.33 Å². The smallest absolute Gasteiger partial charge is 0.252 e. The average Bonchev–Trinajstić information content (AvgIpc) is 3.11. The van der Waals surface area contributed by atoms with E-state index in [2.05, 4.69) is 38.8 Å². The highest BCUT2D eigenvalue weighted by molar-refractivity contribution is 5.81. The molecule has 3 aromatic rings. The van der Waals surface area contributed by atoms with Crippen LogP contribution in [0, 0.1) is 20.8 Å². The molecule has 3 rings (SSSR count). The van der Waals surface area contributed by atoms with Gasteiger partial charge in [-0.15, -0.1) is 0 Å². The summed E-state index contributed by atoms with van der Waals surface area (Å²) in [7, 11) is 1.69. The molecule has 0 amide bonds. The van der Waals surface area contributed by atoms with Gasteiger partial charge in [0.05, 0.1) is 12.3 Å². The summed E-state index contributed by atoms with van der Waals surface area (Å²) in [5.74, 6) is 1.33. The molecule has 0 bridgehead atoms. The summed E-state index contributed by atoms with van der Waals surface area (Å²) in [5.41, 5.74) is 4.58. The van der Waals surface area contributed by atoms with Crippen LogP contribution < -0.4 is 4.90 Å². The lowest BCUT2D eigenvalue weighted by molar-refractivity contribution is 0.205. The molecule has 0 saturated heterocycles. The summed E-state index contributed by atoms with van der Waals surface area (Å²) in [6, 6.07) is 0. The van der Waals surface area contributed by atoms with Gasteiger partial charge in [0.25, 0.3) is 5.71 Å². The maximum absolute atomic E-state index is 5.55. The SMILES string of the molecule is CCn1nc(C)c(CN(CCOC)c2ncnc3oc(C)nc23)c1C. The Balaban J connectivity index is 2.01. The van der Waals surface area contributed by atoms with Crippen LogP contribution in [0.25, 0.3) is 11.2 Å². The standard InChI is InChI=1S/C17H24N6O2/c1-6-23-12(3)14(11(2)21-23)9-22(7-8-24-5)16-15-17(19-10-18-16)25-13(4)20-15/h10H,6-9H2,1-5H3. The van der Waals surface area contributed by atoms with E-state index in [4.69, 9.17) is 9.15 Å². The first-order valence-corrected chi connectivity index (χ1v) is 8.40. The van der Waals surface area contributed by atoms with Gasteiger partial charge >= 0.3 is 0 Å². The van der Waals surface area contributed by atoms with Crippen molar-refractivity contribution in [3.8, 4) is 0 Å². The summed E-state index contributed by atoms with van der Waals surface area (Å²) in [4.78, 5) is 15.2. The predicted octanol–water partition coefficient (Wildman–Crippen LogP) is 2.41. The molecule has 0 fully saturated rings. The molecule has 8 heteroatoms. The van der Waals surface area contributed by atoms with Crippen molar-refractivity contribution in [3.05, 3.63) is 29.2 Å². The molecule has 8 nitrogen and oxygen atoms in total. The van der Waals surface area contributed by atoms with E-state index < -0.39 is 0 Å². The molecular formula is C17H24N6O2. The Kier molecular flexibility index (Phi) is 4.98. The minimum Gasteiger partial charge on any atom is -0.422 e. The Morgan fingerprint density at radius 2 is 2.04 bits per heavy atom. The highest BCUT2D eigenvalue weighted by Crippen LogP contribution is 2.25. The van der Waals surface area contributed by atoms with Crippen LogP contribution in [0.2, 0.25) is 0 Å². The van der Waals surface area contributed by atoms with Crippen molar-refractivity contribution in [2.24, 2.45) is 0 Å². The summed E-state index contributed by atoms with van der Waals surface area (Å²) in [6.07, 6.45) is 1.51. The van der Waals surface area contributed by atoms with E-state index in [9.17, 15) is 0 Å². The second kappa shape index (κ2) is 7.18. The van der Waals surface area contributed by atoms with Gasteiger partial charge in [0.2, 0.25) is 0 Å². The van der Waals surface area contributed by atoms with Crippen molar-refractivity contribution >= 4 is 17.0 Å². The van der Waals surface area contributed by atoms with Gasteiger partial charge in [0, 0.05) is 44.9 Å². The normalized spacial score (nSPS) is 11.4. The number of rotatable bonds is 7. The first kappa shape index (κ1) is 17.3. The zero-order chi connectivity index (χ0) is 18.0. The molecule has 0 N–H and O–H groups in total. The van der Waals surface area contributed by atoms with Gasteiger partial charge in [-0.3, -0.25) is 4.68 Å². The first-order valence-electron chi connectivity index (χ1n) is 8.40. The lowest BCUT2D eigenvalue weighted by Gasteiger charge is -2.23. The molecule has 0 spiro atoms. The Morgan fingerprint density at radius 1 is 1.24 bits per heavy atom. The van der Waals surface area contributed by atoms with E-state index in [1.54, 1.807) is 7.11 Å². The lowest BCUT2D eigenvalue weighted by Crippen LogP contribution is -2.28. The van der Waals surface area contributed by atoms with Crippen LogP contribution >= 0.6 is 0 Å². The third-order valence-corrected chi connectivity index (χ3v) is 4.33. The number of hydrogen-bond donors (Lipinski definition) is 0. The molecule has 3 aromatic heterocycles. The zero-order valence-corrected chi connectivity index (χ0v) is 15.4. The number of oxazole rings is 1. The number of methoxy groups -OCH3 is 1. The van der Waals surface area contributed by atoms with Crippen molar-refractivity contribution in [3.63, 3.8) is 0 Å². The third kappa shape index (κ3) is 3.34. The van der Waals surface area contributed by atoms with E-state index in [0.29, 0.717) is 36.8 Å². The van der Waals surface area contributed by atoms with Crippen molar-refractivity contribution in [1.29, 1.82) is 0 Å². The molecule has 3 heterocycles. The first-order chi connectivity index (χ1) is 12.0. The van der Waals surface area contributed by atoms with E-state index >= 15 is 0 Å². The number of nitrogens with zero attached hydrogens (tertiary/aromatic N) is 6. The number of aromatic nitrogens is 5. The topological polar surface area (TPSA) is 82.1 Å². The third-order valence-electron chi connectivity index (χ3n) is 4.33. The van der Waals surface area contributed by atoms with E-state index in [0.717, 1.165) is 18.1 Å². The summed E-state index contributed by atoms with van der Waals surface area (Å²) in [5, 5.41) is 4.61. The van der Waals surface area contributed by atoms with E-state index in [-0.39, 0.29) is 0 Å². The molecule has 0 aliphatic carbocycles. The molecule has 0 aliphatic rings. The Hall–Kier alpha value is -2.48. The van der Waals surface area contributed by atoms with Crippen molar-refractivity contribution in [2.45, 2.75) is 40.8 Å². The number of hydrogen-bond acceptors (Lipinski definition) is 7. The summed E-state index contributed by atoms with van der Waals surface area (Å²) >= 11 is 0. The largest absolute Gasteiger partial charge is 0.422 e. The molecular weight excluding hydrogens is 320 g/mol. The molecule has 0 atom stereocenters. The minimum atomic E-state index is 0.502. The highest BCUT2D eigenvalue weighted by atomic mass is 16.5. The van der Waals surface area contributed by atoms with E-state index in [1.807, 2.05) is 18.5 Å². The molecule has 0 radical (unpaired) electrons. The molecule has 0 aliphatic heterocycles. The van der Waals surface area contributed by atoms with Gasteiger partial charge in [0.15, 0.2) is 17.2 Å². The number of fused-ring (bicyclic) bond motifs is 1. The van der Waals surface area contributed by atoms with Crippen LogP contribution in [0.4, 0.5) is 5.82 Å². The van der Waals surface area contributed by atoms with Gasteiger partial charge in [-0.1, -0.05) is 0 Å². The second-order valence-electron chi connectivity index (χ2n) is 5.96. The van der Waals surface area contributed by atoms with Crippen LogP contribution in [0.3, 0.4) is 0 Å². The Morgan fingerprint density at radius 3 is 2.72 bits per heavy atom. The van der Waals surface area contributed by atoms with Crippen LogP contribution in [-0.4, -0.2) is 45.0 Å². The minimum absolute atomic E-state index is 0.502. The van der Waals surface area contributed by atoms with Gasteiger partial charge < -0.3 is 14.1 Å². The Labute approximate surface area is 146 Å². The average molecular weight is 344 g/mol. The van der Waals surface area contributed by atoms with Gasteiger partial charge in [-0.2, -0.15) is 10.1 Å². The molecule has 0 unspecified atom stereocenters. The fourth-order valence-corrected chi connectivity index (χ4v) is 3.00. The summed E-state index contributed by atoms with van der Waals surface area (Å²) in [6.45, 7) is 10.8. The van der Waals surface area contributed by atoms with Crippen molar-refractivity contribution in [1.82, 2.24) is 24.7 Å². The lowest BCUT2D eigenvalue weighted by atomic mass is 10.2. The molecule has 134 valence electrons. The van der Waals surface area contributed by atoms with Gasteiger partial charge in [-0.25, -0.2) is 9.97 Å².